The third kappa shape index (κ3) is 5.30. The van der Waals surface area contributed by atoms with Crippen LogP contribution in [0.4, 0.5) is 0 Å². The van der Waals surface area contributed by atoms with E-state index in [-0.39, 0.29) is 0 Å². The van der Waals surface area contributed by atoms with E-state index in [2.05, 4.69) is 6.58 Å². The van der Waals surface area contributed by atoms with Crippen molar-refractivity contribution in [2.24, 2.45) is 0 Å². The van der Waals surface area contributed by atoms with Crippen molar-refractivity contribution in [1.82, 2.24) is 0 Å². The molecule has 0 heterocycles. The van der Waals surface area contributed by atoms with Crippen molar-refractivity contribution in [2.45, 2.75) is 0 Å². The van der Waals surface area contributed by atoms with Gasteiger partial charge in [-0.1, -0.05) is 6.58 Å². The van der Waals surface area contributed by atoms with E-state index < -0.39 is 5.97 Å². The van der Waals surface area contributed by atoms with Gasteiger partial charge in [-0.15, -0.1) is 11.8 Å². The van der Waals surface area contributed by atoms with E-state index in [0.717, 1.165) is 6.08 Å². The fourth-order valence-electron chi connectivity index (χ4n) is 0.153. The van der Waals surface area contributed by atoms with Gasteiger partial charge in [-0.2, -0.15) is 0 Å². The monoisotopic (exact) mass is 130 g/mol. The lowest BCUT2D eigenvalue weighted by molar-refractivity contribution is -0.131. The van der Waals surface area contributed by atoms with Crippen LogP contribution in [0.25, 0.3) is 0 Å². The molecule has 0 aromatic carbocycles. The Morgan fingerprint density at radius 1 is 1.75 bits per heavy atom. The van der Waals surface area contributed by atoms with Crippen LogP contribution in [0.5, 0.6) is 0 Å². The van der Waals surface area contributed by atoms with Gasteiger partial charge in [-0.25, -0.2) is 4.79 Å². The average molecular weight is 130 g/mol. The van der Waals surface area contributed by atoms with Crippen molar-refractivity contribution in [3.05, 3.63) is 23.5 Å². The fraction of sp³-hybridized carbons (Fsp3) is 0. The van der Waals surface area contributed by atoms with Crippen LogP contribution < -0.4 is 0 Å². The molecule has 0 aliphatic rings. The summed E-state index contributed by atoms with van der Waals surface area (Å²) < 4.78 is 0. The highest BCUT2D eigenvalue weighted by molar-refractivity contribution is 8.04. The number of carboxylic acids is 1. The Hall–Kier alpha value is -0.700. The van der Waals surface area contributed by atoms with Gasteiger partial charge in [0.05, 0.1) is 0 Å². The molecule has 0 unspecified atom stereocenters. The van der Waals surface area contributed by atoms with Crippen molar-refractivity contribution in [2.75, 3.05) is 0 Å². The number of aliphatic carboxylic acids is 1. The Bertz CT molecular complexity index is 118. The molecule has 44 valence electrons. The summed E-state index contributed by atoms with van der Waals surface area (Å²) in [6.07, 6.45) is 1.06. The van der Waals surface area contributed by atoms with Crippen molar-refractivity contribution < 1.29 is 9.90 Å². The molecule has 0 aromatic heterocycles. The van der Waals surface area contributed by atoms with Gasteiger partial charge in [0.1, 0.15) is 0 Å². The Balaban J connectivity index is 3.34. The van der Waals surface area contributed by atoms with Gasteiger partial charge in [0.25, 0.3) is 0 Å². The van der Waals surface area contributed by atoms with Gasteiger partial charge in [0, 0.05) is 6.08 Å². The fourth-order valence-corrected chi connectivity index (χ4v) is 0.459. The summed E-state index contributed by atoms with van der Waals surface area (Å²) in [5, 5.41) is 11.0. The second kappa shape index (κ2) is 4.46. The normalized spacial score (nSPS) is 9.50. The highest BCUT2D eigenvalue weighted by atomic mass is 32.2. The maximum Gasteiger partial charge on any atom is 0.328 e. The minimum atomic E-state index is -0.931. The Labute approximate surface area is 51.9 Å². The first kappa shape index (κ1) is 7.30. The zero-order valence-electron chi connectivity index (χ0n) is 4.20. The van der Waals surface area contributed by atoms with Gasteiger partial charge < -0.3 is 5.11 Å². The maximum atomic E-state index is 9.74. The second-order valence-electron chi connectivity index (χ2n) is 0.944. The maximum absolute atomic E-state index is 9.74. The third-order valence-corrected chi connectivity index (χ3v) is 0.871. The van der Waals surface area contributed by atoms with E-state index in [4.69, 9.17) is 5.11 Å². The van der Waals surface area contributed by atoms with Gasteiger partial charge in [-0.3, -0.25) is 0 Å². The molecule has 0 aliphatic heterocycles. The van der Waals surface area contributed by atoms with Crippen LogP contribution in [-0.4, -0.2) is 11.1 Å². The largest absolute Gasteiger partial charge is 0.478 e. The topological polar surface area (TPSA) is 37.3 Å². The summed E-state index contributed by atoms with van der Waals surface area (Å²) in [7, 11) is 0. The number of thioether (sulfide) groups is 1. The van der Waals surface area contributed by atoms with Crippen LogP contribution in [0.2, 0.25) is 0 Å². The van der Waals surface area contributed by atoms with Crippen LogP contribution in [0.15, 0.2) is 23.5 Å². The predicted octanol–water partition coefficient (Wildman–Crippen LogP) is 1.46. The molecule has 2 nitrogen and oxygen atoms in total. The highest BCUT2D eigenvalue weighted by Gasteiger charge is 1.80. The van der Waals surface area contributed by atoms with Crippen LogP contribution in [-0.2, 0) is 4.79 Å². The molecule has 8 heavy (non-hydrogen) atoms. The van der Waals surface area contributed by atoms with E-state index in [9.17, 15) is 4.79 Å². The molecule has 0 aliphatic carbocycles. The van der Waals surface area contributed by atoms with Crippen molar-refractivity contribution >= 4 is 17.7 Å². The summed E-state index contributed by atoms with van der Waals surface area (Å²) in [5.41, 5.74) is 0. The van der Waals surface area contributed by atoms with E-state index >= 15 is 0 Å². The van der Waals surface area contributed by atoms with Crippen molar-refractivity contribution in [3.8, 4) is 0 Å². The molecule has 0 aromatic rings. The molecule has 0 atom stereocenters. The Morgan fingerprint density at radius 2 is 2.38 bits per heavy atom. The van der Waals surface area contributed by atoms with Crippen LogP contribution in [0, 0.1) is 0 Å². The van der Waals surface area contributed by atoms with E-state index in [0.29, 0.717) is 0 Å². The number of carbonyl (C=O) groups is 1. The molecule has 0 spiro atoms. The number of rotatable bonds is 3. The molecule has 1 N–H and O–H groups in total. The summed E-state index contributed by atoms with van der Waals surface area (Å²) >= 11 is 1.24. The minimum Gasteiger partial charge on any atom is -0.478 e. The molecule has 0 rings (SSSR count). The van der Waals surface area contributed by atoms with Crippen LogP contribution >= 0.6 is 11.8 Å². The number of carboxylic acid groups (broad SMARTS) is 1. The van der Waals surface area contributed by atoms with Crippen molar-refractivity contribution in [1.29, 1.82) is 0 Å². The zero-order valence-corrected chi connectivity index (χ0v) is 5.02. The van der Waals surface area contributed by atoms with E-state index in [1.165, 1.54) is 17.2 Å². The number of hydrogen-bond donors (Lipinski definition) is 1. The van der Waals surface area contributed by atoms with Gasteiger partial charge in [0.15, 0.2) is 0 Å². The van der Waals surface area contributed by atoms with Crippen LogP contribution in [0.1, 0.15) is 0 Å². The Morgan fingerprint density at radius 3 is 2.75 bits per heavy atom. The van der Waals surface area contributed by atoms with Crippen molar-refractivity contribution in [3.63, 3.8) is 0 Å². The SMILES string of the molecule is C=CS/C=C/C(=O)O. The van der Waals surface area contributed by atoms with Gasteiger partial charge in [0.2, 0.25) is 0 Å². The Kier molecular flexibility index (Phi) is 4.07. The standard InChI is InChI=1S/C5H6O2S/c1-2-8-4-3-5(6)7/h2-4H,1H2,(H,6,7)/b4-3+. The van der Waals surface area contributed by atoms with E-state index in [1.807, 2.05) is 0 Å². The minimum absolute atomic E-state index is 0.931. The average Bonchev–Trinajstić information content (AvgIpc) is 1.66. The lowest BCUT2D eigenvalue weighted by Gasteiger charge is -1.75. The lowest BCUT2D eigenvalue weighted by Crippen LogP contribution is -1.83. The number of hydrogen-bond acceptors (Lipinski definition) is 2. The molecular weight excluding hydrogens is 124 g/mol. The lowest BCUT2D eigenvalue weighted by atomic mass is 10.7. The summed E-state index contributed by atoms with van der Waals surface area (Å²) in [6.45, 7) is 3.38. The molecule has 0 amide bonds. The first-order chi connectivity index (χ1) is 3.77. The van der Waals surface area contributed by atoms with Gasteiger partial charge in [-0.05, 0) is 10.8 Å². The summed E-state index contributed by atoms with van der Waals surface area (Å²) in [4.78, 5) is 9.74. The first-order valence-electron chi connectivity index (χ1n) is 1.93. The molecular formula is C5H6O2S. The van der Waals surface area contributed by atoms with Gasteiger partial charge >= 0.3 is 5.97 Å². The molecule has 0 bridgehead atoms. The third-order valence-electron chi connectivity index (χ3n) is 0.385. The quantitative estimate of drug-likeness (QED) is 0.588. The van der Waals surface area contributed by atoms with Crippen LogP contribution in [0.3, 0.4) is 0 Å². The highest BCUT2D eigenvalue weighted by Crippen LogP contribution is 1.99. The summed E-state index contributed by atoms with van der Waals surface area (Å²) in [6, 6.07) is 0. The first-order valence-corrected chi connectivity index (χ1v) is 2.87. The molecule has 0 saturated heterocycles. The predicted molar refractivity (Wildman–Crippen MR) is 34.6 cm³/mol. The summed E-state index contributed by atoms with van der Waals surface area (Å²) in [5.74, 6) is -0.931. The van der Waals surface area contributed by atoms with E-state index in [1.54, 1.807) is 5.41 Å². The zero-order chi connectivity index (χ0) is 6.41. The molecule has 0 radical (unpaired) electrons. The molecule has 3 heteroatoms. The smallest absolute Gasteiger partial charge is 0.328 e. The molecule has 0 saturated carbocycles. The second-order valence-corrected chi connectivity index (χ2v) is 1.82. The molecule has 0 fully saturated rings.